The van der Waals surface area contributed by atoms with Crippen LogP contribution in [0.3, 0.4) is 0 Å². The third-order valence-corrected chi connectivity index (χ3v) is 5.99. The van der Waals surface area contributed by atoms with E-state index in [1.807, 2.05) is 60.8 Å². The molecule has 1 atom stereocenters. The van der Waals surface area contributed by atoms with Crippen molar-refractivity contribution in [3.63, 3.8) is 0 Å². The molecule has 0 unspecified atom stereocenters. The van der Waals surface area contributed by atoms with E-state index in [0.717, 1.165) is 27.6 Å². The third-order valence-electron chi connectivity index (χ3n) is 5.99. The number of H-pyrrole nitrogens is 1. The van der Waals surface area contributed by atoms with Gasteiger partial charge in [0, 0.05) is 49.7 Å². The highest BCUT2D eigenvalue weighted by molar-refractivity contribution is 5.94. The number of amides is 3. The molecule has 3 N–H and O–H groups in total. The number of ether oxygens (including phenoxy) is 1. The highest BCUT2D eigenvalue weighted by Crippen LogP contribution is 2.19. The van der Waals surface area contributed by atoms with Crippen molar-refractivity contribution in [2.24, 2.45) is 0 Å². The molecule has 1 heterocycles. The first kappa shape index (κ1) is 25.5. The third kappa shape index (κ3) is 6.76. The first-order valence-electron chi connectivity index (χ1n) is 12.0. The zero-order chi connectivity index (χ0) is 26.2. The zero-order valence-corrected chi connectivity index (χ0v) is 20.9. The van der Waals surface area contributed by atoms with E-state index in [4.69, 9.17) is 4.74 Å². The Morgan fingerprint density at radius 3 is 2.32 bits per heavy atom. The van der Waals surface area contributed by atoms with Crippen molar-refractivity contribution in [1.82, 2.24) is 20.5 Å². The zero-order valence-electron chi connectivity index (χ0n) is 20.9. The van der Waals surface area contributed by atoms with E-state index in [1.165, 1.54) is 4.90 Å². The summed E-state index contributed by atoms with van der Waals surface area (Å²) >= 11 is 0. The minimum absolute atomic E-state index is 0.0902. The van der Waals surface area contributed by atoms with Crippen molar-refractivity contribution in [1.29, 1.82) is 0 Å². The van der Waals surface area contributed by atoms with Gasteiger partial charge in [0.2, 0.25) is 5.91 Å². The molecule has 3 amide bonds. The monoisotopic (exact) mass is 498 g/mol. The number of nitrogens with one attached hydrogen (secondary N) is 3. The maximum atomic E-state index is 13.2. The Morgan fingerprint density at radius 2 is 1.59 bits per heavy atom. The summed E-state index contributed by atoms with van der Waals surface area (Å²) in [6, 6.07) is 23.3. The lowest BCUT2D eigenvalue weighted by Gasteiger charge is -2.18. The van der Waals surface area contributed by atoms with E-state index in [2.05, 4.69) is 15.6 Å². The molecule has 190 valence electrons. The Hall–Kier alpha value is -4.59. The Kier molecular flexibility index (Phi) is 8.20. The SMILES string of the molecule is CN(C)C(=O)c1ccc(CNC(=O)[C@@H](Cc2c[nH]c3ccccc23)NC(=O)OCc2ccccc2)cc1. The normalized spacial score (nSPS) is 11.5. The number of aromatic nitrogens is 1. The van der Waals surface area contributed by atoms with Crippen molar-refractivity contribution >= 4 is 28.8 Å². The van der Waals surface area contributed by atoms with Gasteiger partial charge in [0.15, 0.2) is 0 Å². The number of para-hydroxylation sites is 1. The highest BCUT2D eigenvalue weighted by atomic mass is 16.5. The summed E-state index contributed by atoms with van der Waals surface area (Å²) in [5.41, 5.74) is 4.12. The van der Waals surface area contributed by atoms with Crippen LogP contribution in [-0.2, 0) is 29.1 Å². The van der Waals surface area contributed by atoms with E-state index in [9.17, 15) is 14.4 Å². The van der Waals surface area contributed by atoms with E-state index >= 15 is 0 Å². The first-order valence-corrected chi connectivity index (χ1v) is 12.0. The molecule has 37 heavy (non-hydrogen) atoms. The van der Waals surface area contributed by atoms with E-state index < -0.39 is 12.1 Å². The van der Waals surface area contributed by atoms with Gasteiger partial charge in [-0.3, -0.25) is 9.59 Å². The molecular formula is C29H30N4O4. The van der Waals surface area contributed by atoms with Crippen molar-refractivity contribution in [2.75, 3.05) is 14.1 Å². The fraction of sp³-hybridized carbons (Fsp3) is 0.207. The molecule has 0 aliphatic carbocycles. The quantitative estimate of drug-likeness (QED) is 0.324. The molecule has 0 saturated carbocycles. The molecule has 8 nitrogen and oxygen atoms in total. The molecule has 0 fully saturated rings. The van der Waals surface area contributed by atoms with Crippen LogP contribution in [-0.4, -0.2) is 47.9 Å². The van der Waals surface area contributed by atoms with Crippen LogP contribution in [0.5, 0.6) is 0 Å². The standard InChI is InChI=1S/C29H30N4O4/c1-33(2)28(35)22-14-12-20(13-15-22)17-31-27(34)26(16-23-18-30-25-11-7-6-10-24(23)25)32-29(36)37-19-21-8-4-3-5-9-21/h3-15,18,26,30H,16-17,19H2,1-2H3,(H,31,34)(H,32,36)/t26-/m1/s1. The van der Waals surface area contributed by atoms with Gasteiger partial charge in [-0.2, -0.15) is 0 Å². The predicted molar refractivity (Wildman–Crippen MR) is 142 cm³/mol. The number of benzene rings is 3. The second-order valence-corrected chi connectivity index (χ2v) is 8.94. The largest absolute Gasteiger partial charge is 0.445 e. The van der Waals surface area contributed by atoms with Crippen LogP contribution in [0, 0.1) is 0 Å². The van der Waals surface area contributed by atoms with Crippen LogP contribution < -0.4 is 10.6 Å². The summed E-state index contributed by atoms with van der Waals surface area (Å²) in [5.74, 6) is -0.428. The first-order chi connectivity index (χ1) is 17.9. The van der Waals surface area contributed by atoms with Crippen LogP contribution in [0.25, 0.3) is 10.9 Å². The summed E-state index contributed by atoms with van der Waals surface area (Å²) in [7, 11) is 3.39. The van der Waals surface area contributed by atoms with Gasteiger partial charge in [0.05, 0.1) is 0 Å². The topological polar surface area (TPSA) is 104 Å². The minimum Gasteiger partial charge on any atom is -0.445 e. The number of carbonyl (C=O) groups is 3. The van der Waals surface area contributed by atoms with Gasteiger partial charge in [-0.15, -0.1) is 0 Å². The Labute approximate surface area is 215 Å². The van der Waals surface area contributed by atoms with Crippen molar-refractivity contribution in [3.05, 3.63) is 107 Å². The summed E-state index contributed by atoms with van der Waals surface area (Å²) in [6.07, 6.45) is 1.46. The second-order valence-electron chi connectivity index (χ2n) is 8.94. The molecule has 0 spiro atoms. The number of rotatable bonds is 9. The fourth-order valence-corrected chi connectivity index (χ4v) is 3.97. The summed E-state index contributed by atoms with van der Waals surface area (Å²) < 4.78 is 5.36. The van der Waals surface area contributed by atoms with Gasteiger partial charge < -0.3 is 25.3 Å². The lowest BCUT2D eigenvalue weighted by molar-refractivity contribution is -0.123. The van der Waals surface area contributed by atoms with Gasteiger partial charge in [0.1, 0.15) is 12.6 Å². The lowest BCUT2D eigenvalue weighted by Crippen LogP contribution is -2.48. The molecule has 4 aromatic rings. The van der Waals surface area contributed by atoms with Crippen molar-refractivity contribution in [2.45, 2.75) is 25.6 Å². The van der Waals surface area contributed by atoms with Crippen LogP contribution in [0.4, 0.5) is 4.79 Å². The Balaban J connectivity index is 1.43. The molecule has 0 radical (unpaired) electrons. The minimum atomic E-state index is -0.850. The smallest absolute Gasteiger partial charge is 0.408 e. The number of alkyl carbamates (subject to hydrolysis) is 1. The number of nitrogens with zero attached hydrogens (tertiary/aromatic N) is 1. The van der Waals surface area contributed by atoms with Crippen molar-refractivity contribution < 1.29 is 19.1 Å². The maximum Gasteiger partial charge on any atom is 0.408 e. The van der Waals surface area contributed by atoms with E-state index in [1.54, 1.807) is 38.4 Å². The number of hydrogen-bond acceptors (Lipinski definition) is 4. The van der Waals surface area contributed by atoms with Gasteiger partial charge in [-0.05, 0) is 34.9 Å². The lowest BCUT2D eigenvalue weighted by atomic mass is 10.0. The van der Waals surface area contributed by atoms with Crippen LogP contribution in [0.2, 0.25) is 0 Å². The van der Waals surface area contributed by atoms with Crippen LogP contribution in [0.15, 0.2) is 85.1 Å². The Morgan fingerprint density at radius 1 is 0.892 bits per heavy atom. The second kappa shape index (κ2) is 11.9. The van der Waals surface area contributed by atoms with Gasteiger partial charge in [-0.1, -0.05) is 60.7 Å². The number of fused-ring (bicyclic) bond motifs is 1. The maximum absolute atomic E-state index is 13.2. The Bertz CT molecular complexity index is 1360. The highest BCUT2D eigenvalue weighted by Gasteiger charge is 2.23. The molecular weight excluding hydrogens is 468 g/mol. The van der Waals surface area contributed by atoms with Gasteiger partial charge in [0.25, 0.3) is 5.91 Å². The van der Waals surface area contributed by atoms with Crippen LogP contribution >= 0.6 is 0 Å². The average molecular weight is 499 g/mol. The molecule has 3 aromatic carbocycles. The average Bonchev–Trinajstić information content (AvgIpc) is 3.33. The summed E-state index contributed by atoms with van der Waals surface area (Å²) in [5, 5.41) is 6.61. The molecule has 1 aromatic heterocycles. The molecule has 0 aliphatic rings. The number of hydrogen-bond donors (Lipinski definition) is 3. The van der Waals surface area contributed by atoms with Crippen LogP contribution in [0.1, 0.15) is 27.0 Å². The van der Waals surface area contributed by atoms with Gasteiger partial charge in [-0.25, -0.2) is 4.79 Å². The van der Waals surface area contributed by atoms with Crippen molar-refractivity contribution in [3.8, 4) is 0 Å². The van der Waals surface area contributed by atoms with E-state index in [0.29, 0.717) is 5.56 Å². The number of aromatic amines is 1. The molecule has 0 bridgehead atoms. The predicted octanol–water partition coefficient (Wildman–Crippen LogP) is 4.02. The summed E-state index contributed by atoms with van der Waals surface area (Å²) in [4.78, 5) is 42.6. The fourth-order valence-electron chi connectivity index (χ4n) is 3.97. The number of carbonyl (C=O) groups excluding carboxylic acids is 3. The van der Waals surface area contributed by atoms with E-state index in [-0.39, 0.29) is 31.4 Å². The molecule has 0 aliphatic heterocycles. The summed E-state index contributed by atoms with van der Waals surface area (Å²) in [6.45, 7) is 0.354. The van der Waals surface area contributed by atoms with Gasteiger partial charge >= 0.3 is 6.09 Å². The molecule has 0 saturated heterocycles. The molecule has 8 heteroatoms. The molecule has 4 rings (SSSR count).